The molecule has 100 valence electrons. The molecule has 0 aromatic heterocycles. The predicted molar refractivity (Wildman–Crippen MR) is 68.1 cm³/mol. The number of nitrogens with one attached hydrogen (secondary N) is 1. The van der Waals surface area contributed by atoms with Crippen LogP contribution in [0.1, 0.15) is 24.2 Å². The van der Waals surface area contributed by atoms with E-state index in [0.717, 1.165) is 0 Å². The highest BCUT2D eigenvalue weighted by molar-refractivity contribution is 7.89. The molecule has 0 aliphatic heterocycles. The second kappa shape index (κ2) is 6.08. The highest BCUT2D eigenvalue weighted by Gasteiger charge is 2.17. The van der Waals surface area contributed by atoms with Crippen LogP contribution in [0.5, 0.6) is 0 Å². The lowest BCUT2D eigenvalue weighted by Gasteiger charge is -2.13. The fourth-order valence-corrected chi connectivity index (χ4v) is 2.71. The number of hydrogen-bond donors (Lipinski definition) is 1. The Bertz CT molecular complexity index is 507. The summed E-state index contributed by atoms with van der Waals surface area (Å²) < 4.78 is 31.2. The number of hydrogen-bond acceptors (Lipinski definition) is 4. The molecule has 0 saturated heterocycles. The van der Waals surface area contributed by atoms with Crippen molar-refractivity contribution in [3.05, 3.63) is 29.8 Å². The Kier molecular flexibility index (Phi) is 5.01. The van der Waals surface area contributed by atoms with Gasteiger partial charge in [-0.3, -0.25) is 4.79 Å². The van der Waals surface area contributed by atoms with Gasteiger partial charge in [0.2, 0.25) is 10.0 Å². The molecule has 1 aromatic rings. The molecule has 1 atom stereocenters. The van der Waals surface area contributed by atoms with Gasteiger partial charge in [-0.15, -0.1) is 0 Å². The summed E-state index contributed by atoms with van der Waals surface area (Å²) in [6.45, 7) is 3.44. The van der Waals surface area contributed by atoms with Crippen molar-refractivity contribution >= 4 is 15.8 Å². The number of ketones is 1. The molecule has 0 unspecified atom stereocenters. The molecule has 5 nitrogen and oxygen atoms in total. The van der Waals surface area contributed by atoms with Crippen LogP contribution in [-0.2, 0) is 14.8 Å². The van der Waals surface area contributed by atoms with Crippen LogP contribution in [0, 0.1) is 0 Å². The topological polar surface area (TPSA) is 72.5 Å². The Hall–Kier alpha value is -1.24. The average Bonchev–Trinajstić information content (AvgIpc) is 2.28. The molecule has 0 aliphatic carbocycles. The van der Waals surface area contributed by atoms with E-state index in [0.29, 0.717) is 12.2 Å². The van der Waals surface area contributed by atoms with Gasteiger partial charge >= 0.3 is 0 Å². The predicted octanol–water partition coefficient (Wildman–Crippen LogP) is 1.20. The van der Waals surface area contributed by atoms with Gasteiger partial charge in [0.15, 0.2) is 5.78 Å². The first-order valence-corrected chi connectivity index (χ1v) is 6.97. The molecule has 0 fully saturated rings. The molecule has 18 heavy (non-hydrogen) atoms. The van der Waals surface area contributed by atoms with E-state index in [9.17, 15) is 13.2 Å². The summed E-state index contributed by atoms with van der Waals surface area (Å²) in [6, 6.07) is 5.51. The maximum absolute atomic E-state index is 11.9. The van der Waals surface area contributed by atoms with Crippen LogP contribution in [0.4, 0.5) is 0 Å². The van der Waals surface area contributed by atoms with E-state index in [4.69, 9.17) is 4.74 Å². The van der Waals surface area contributed by atoms with Crippen LogP contribution < -0.4 is 4.72 Å². The molecule has 0 aliphatic rings. The Balaban J connectivity index is 2.88. The SMILES string of the molecule is COC[C@@H](C)NS(=O)(=O)c1ccc(C(C)=O)cc1. The van der Waals surface area contributed by atoms with Gasteiger partial charge in [0.1, 0.15) is 0 Å². The highest BCUT2D eigenvalue weighted by Crippen LogP contribution is 2.11. The summed E-state index contributed by atoms with van der Waals surface area (Å²) in [5.41, 5.74) is 0.485. The minimum Gasteiger partial charge on any atom is -0.383 e. The summed E-state index contributed by atoms with van der Waals surface area (Å²) in [6.07, 6.45) is 0. The van der Waals surface area contributed by atoms with Crippen LogP contribution in [0.15, 0.2) is 29.2 Å². The van der Waals surface area contributed by atoms with E-state index in [2.05, 4.69) is 4.72 Å². The zero-order chi connectivity index (χ0) is 13.8. The van der Waals surface area contributed by atoms with E-state index >= 15 is 0 Å². The van der Waals surface area contributed by atoms with Crippen molar-refractivity contribution in [2.75, 3.05) is 13.7 Å². The van der Waals surface area contributed by atoms with Crippen LogP contribution in [0.25, 0.3) is 0 Å². The molecule has 1 aromatic carbocycles. The zero-order valence-corrected chi connectivity index (χ0v) is 11.5. The third-order valence-electron chi connectivity index (χ3n) is 2.34. The van der Waals surface area contributed by atoms with Gasteiger partial charge in [-0.1, -0.05) is 12.1 Å². The van der Waals surface area contributed by atoms with Crippen molar-refractivity contribution in [1.82, 2.24) is 4.72 Å². The van der Waals surface area contributed by atoms with Gasteiger partial charge in [0.25, 0.3) is 0 Å². The van der Waals surface area contributed by atoms with Crippen molar-refractivity contribution in [3.8, 4) is 0 Å². The molecular formula is C12H17NO4S. The number of ether oxygens (including phenoxy) is 1. The van der Waals surface area contributed by atoms with Crippen LogP contribution in [0.3, 0.4) is 0 Å². The van der Waals surface area contributed by atoms with E-state index in [1.165, 1.54) is 38.3 Å². The second-order valence-electron chi connectivity index (χ2n) is 4.06. The lowest BCUT2D eigenvalue weighted by Crippen LogP contribution is -2.35. The van der Waals surface area contributed by atoms with Crippen molar-refractivity contribution in [1.29, 1.82) is 0 Å². The summed E-state index contributed by atoms with van der Waals surface area (Å²) >= 11 is 0. The third-order valence-corrected chi connectivity index (χ3v) is 3.95. The van der Waals surface area contributed by atoms with Gasteiger partial charge in [0, 0.05) is 18.7 Å². The van der Waals surface area contributed by atoms with Crippen molar-refractivity contribution in [2.45, 2.75) is 24.8 Å². The smallest absolute Gasteiger partial charge is 0.240 e. The minimum atomic E-state index is -3.57. The standard InChI is InChI=1S/C12H17NO4S/c1-9(8-17-3)13-18(15,16)12-6-4-11(5-7-12)10(2)14/h4-7,9,13H,8H2,1-3H3/t9-/m1/s1. The van der Waals surface area contributed by atoms with Gasteiger partial charge in [-0.05, 0) is 26.0 Å². The molecule has 0 bridgehead atoms. The quantitative estimate of drug-likeness (QED) is 0.789. The van der Waals surface area contributed by atoms with E-state index in [1.807, 2.05) is 0 Å². The Morgan fingerprint density at radius 2 is 1.89 bits per heavy atom. The fourth-order valence-electron chi connectivity index (χ4n) is 1.49. The van der Waals surface area contributed by atoms with Crippen molar-refractivity contribution in [3.63, 3.8) is 0 Å². The number of methoxy groups -OCH3 is 1. The molecular weight excluding hydrogens is 254 g/mol. The van der Waals surface area contributed by atoms with E-state index < -0.39 is 10.0 Å². The second-order valence-corrected chi connectivity index (χ2v) is 5.77. The number of carbonyl (C=O) groups is 1. The molecule has 0 radical (unpaired) electrons. The molecule has 1 rings (SSSR count). The van der Waals surface area contributed by atoms with Crippen molar-refractivity contribution in [2.24, 2.45) is 0 Å². The average molecular weight is 271 g/mol. The van der Waals surface area contributed by atoms with E-state index in [-0.39, 0.29) is 16.7 Å². The molecule has 6 heteroatoms. The van der Waals surface area contributed by atoms with Gasteiger partial charge in [-0.25, -0.2) is 13.1 Å². The molecule has 1 N–H and O–H groups in total. The van der Waals surface area contributed by atoms with E-state index in [1.54, 1.807) is 6.92 Å². The molecule has 0 spiro atoms. The van der Waals surface area contributed by atoms with Crippen molar-refractivity contribution < 1.29 is 17.9 Å². The molecule has 0 saturated carbocycles. The number of rotatable bonds is 6. The highest BCUT2D eigenvalue weighted by atomic mass is 32.2. The number of benzene rings is 1. The number of sulfonamides is 1. The first kappa shape index (κ1) is 14.8. The lowest BCUT2D eigenvalue weighted by atomic mass is 10.2. The number of carbonyl (C=O) groups excluding carboxylic acids is 1. The van der Waals surface area contributed by atoms with Gasteiger partial charge in [0.05, 0.1) is 11.5 Å². The molecule has 0 amide bonds. The van der Waals surface area contributed by atoms with Gasteiger partial charge < -0.3 is 4.74 Å². The summed E-state index contributed by atoms with van der Waals surface area (Å²) in [5.74, 6) is -0.0975. The minimum absolute atomic E-state index is 0.0975. The fraction of sp³-hybridized carbons (Fsp3) is 0.417. The van der Waals surface area contributed by atoms with Gasteiger partial charge in [-0.2, -0.15) is 0 Å². The monoisotopic (exact) mass is 271 g/mol. The van der Waals surface area contributed by atoms with Crippen LogP contribution >= 0.6 is 0 Å². The maximum Gasteiger partial charge on any atom is 0.240 e. The maximum atomic E-state index is 11.9. The Morgan fingerprint density at radius 1 is 1.33 bits per heavy atom. The van der Waals surface area contributed by atoms with Crippen LogP contribution in [-0.4, -0.2) is 34.0 Å². The number of Topliss-reactive ketones (excluding diaryl/α,β-unsaturated/α-hetero) is 1. The summed E-state index contributed by atoms with van der Waals surface area (Å²) in [4.78, 5) is 11.2. The third kappa shape index (κ3) is 3.90. The Labute approximate surface area is 107 Å². The largest absolute Gasteiger partial charge is 0.383 e. The van der Waals surface area contributed by atoms with Crippen LogP contribution in [0.2, 0.25) is 0 Å². The zero-order valence-electron chi connectivity index (χ0n) is 10.6. The first-order chi connectivity index (χ1) is 8.36. The lowest BCUT2D eigenvalue weighted by molar-refractivity contribution is 0.101. The molecule has 0 heterocycles. The summed E-state index contributed by atoms with van der Waals surface area (Å²) in [5, 5.41) is 0. The Morgan fingerprint density at radius 3 is 2.33 bits per heavy atom. The first-order valence-electron chi connectivity index (χ1n) is 5.49. The summed E-state index contributed by atoms with van der Waals surface area (Å²) in [7, 11) is -2.06. The normalized spacial score (nSPS) is 13.3.